The molecule has 0 atom stereocenters. The van der Waals surface area contributed by atoms with E-state index in [0.717, 1.165) is 4.57 Å². The molecule has 9 nitrogen and oxygen atoms in total. The Bertz CT molecular complexity index is 1110. The van der Waals surface area contributed by atoms with Crippen molar-refractivity contribution >= 4 is 26.6 Å². The average Bonchev–Trinajstić information content (AvgIpc) is 2.65. The van der Waals surface area contributed by atoms with Crippen molar-refractivity contribution in [2.45, 2.75) is 13.5 Å². The van der Waals surface area contributed by atoms with Gasteiger partial charge in [-0.05, 0) is 25.1 Å². The van der Waals surface area contributed by atoms with Crippen LogP contribution in [-0.2, 0) is 16.4 Å². The van der Waals surface area contributed by atoms with Gasteiger partial charge in [-0.15, -0.1) is 0 Å². The first-order valence-corrected chi connectivity index (χ1v) is 11.2. The van der Waals surface area contributed by atoms with Crippen LogP contribution in [0.2, 0.25) is 0 Å². The number of carbonyl (C=O) groups excluding carboxylic acids is 1. The summed E-state index contributed by atoms with van der Waals surface area (Å²) in [5.74, 6) is -0.0703. The molecule has 0 radical (unpaired) electrons. The topological polar surface area (TPSA) is 113 Å². The van der Waals surface area contributed by atoms with Gasteiger partial charge in [0, 0.05) is 51.1 Å². The molecule has 1 aromatic heterocycles. The normalized spacial score (nSPS) is 15.9. The Morgan fingerprint density at radius 2 is 1.82 bits per heavy atom. The van der Waals surface area contributed by atoms with Gasteiger partial charge in [0.05, 0.1) is 16.7 Å². The van der Waals surface area contributed by atoms with E-state index < -0.39 is 15.5 Å². The van der Waals surface area contributed by atoms with Gasteiger partial charge in [0.1, 0.15) is 9.84 Å². The Morgan fingerprint density at radius 1 is 1.14 bits per heavy atom. The highest BCUT2D eigenvalue weighted by Gasteiger charge is 2.23. The van der Waals surface area contributed by atoms with E-state index in [4.69, 9.17) is 0 Å². The van der Waals surface area contributed by atoms with Crippen LogP contribution in [0.1, 0.15) is 17.3 Å². The highest BCUT2D eigenvalue weighted by atomic mass is 32.2. The van der Waals surface area contributed by atoms with Gasteiger partial charge in [-0.3, -0.25) is 19.1 Å². The summed E-state index contributed by atoms with van der Waals surface area (Å²) in [6.07, 6.45) is 1.21. The number of hydrogen-bond acceptors (Lipinski definition) is 6. The number of aromatic amines is 1. The van der Waals surface area contributed by atoms with Gasteiger partial charge in [0.25, 0.3) is 11.5 Å². The monoisotopic (exact) mass is 408 g/mol. The van der Waals surface area contributed by atoms with E-state index in [1.54, 1.807) is 24.0 Å². The molecular weight excluding hydrogens is 384 g/mol. The van der Waals surface area contributed by atoms with Crippen LogP contribution in [0.15, 0.2) is 27.8 Å². The van der Waals surface area contributed by atoms with Crippen molar-refractivity contribution in [2.24, 2.45) is 0 Å². The molecule has 1 amide bonds. The standard InChI is InChI=1S/C18H24N4O5S/c1-3-22-17(24)14-5-4-13(12-15(14)19-18(22)25)16(23)21-8-6-20(7-9-21)10-11-28(2,26)27/h4-5,12H,3,6-11H2,1-2H3,(H,19,25). The minimum absolute atomic E-state index is 0.105. The Morgan fingerprint density at radius 3 is 2.43 bits per heavy atom. The Labute approximate surface area is 162 Å². The largest absolute Gasteiger partial charge is 0.336 e. The molecule has 0 bridgehead atoms. The molecule has 0 spiro atoms. The number of amides is 1. The fourth-order valence-corrected chi connectivity index (χ4v) is 3.92. The lowest BCUT2D eigenvalue weighted by molar-refractivity contribution is 0.0644. The van der Waals surface area contributed by atoms with E-state index in [1.807, 2.05) is 4.90 Å². The molecular formula is C18H24N4O5S. The highest BCUT2D eigenvalue weighted by molar-refractivity contribution is 7.90. The zero-order valence-corrected chi connectivity index (χ0v) is 16.8. The number of fused-ring (bicyclic) bond motifs is 1. The lowest BCUT2D eigenvalue weighted by atomic mass is 10.1. The third kappa shape index (κ3) is 4.33. The van der Waals surface area contributed by atoms with E-state index in [-0.39, 0.29) is 23.8 Å². The molecule has 0 unspecified atom stereocenters. The van der Waals surface area contributed by atoms with Gasteiger partial charge in [0.15, 0.2) is 0 Å². The highest BCUT2D eigenvalue weighted by Crippen LogP contribution is 2.13. The lowest BCUT2D eigenvalue weighted by Gasteiger charge is -2.34. The van der Waals surface area contributed by atoms with Gasteiger partial charge in [-0.1, -0.05) is 0 Å². The zero-order chi connectivity index (χ0) is 20.5. The molecule has 1 saturated heterocycles. The summed E-state index contributed by atoms with van der Waals surface area (Å²) in [4.78, 5) is 43.5. The predicted octanol–water partition coefficient (Wildman–Crippen LogP) is -0.488. The zero-order valence-electron chi connectivity index (χ0n) is 16.0. The van der Waals surface area contributed by atoms with Crippen LogP contribution in [0.5, 0.6) is 0 Å². The van der Waals surface area contributed by atoms with Crippen LogP contribution in [0.25, 0.3) is 10.9 Å². The Balaban J connectivity index is 1.74. The molecule has 1 aliphatic rings. The number of nitrogens with one attached hydrogen (secondary N) is 1. The summed E-state index contributed by atoms with van der Waals surface area (Å²) >= 11 is 0. The molecule has 3 rings (SSSR count). The number of aromatic nitrogens is 2. The number of H-pyrrole nitrogens is 1. The molecule has 1 aliphatic heterocycles. The maximum Gasteiger partial charge on any atom is 0.328 e. The fraction of sp³-hybridized carbons (Fsp3) is 0.500. The van der Waals surface area contributed by atoms with Crippen LogP contribution in [-0.4, -0.2) is 78.4 Å². The van der Waals surface area contributed by atoms with Crippen molar-refractivity contribution in [2.75, 3.05) is 44.7 Å². The summed E-state index contributed by atoms with van der Waals surface area (Å²) in [6.45, 7) is 4.65. The summed E-state index contributed by atoms with van der Waals surface area (Å²) in [5, 5.41) is 0.364. The second kappa shape index (κ2) is 7.88. The number of benzene rings is 1. The van der Waals surface area contributed by atoms with E-state index in [1.165, 1.54) is 12.3 Å². The molecule has 152 valence electrons. The van der Waals surface area contributed by atoms with Crippen molar-refractivity contribution in [1.82, 2.24) is 19.4 Å². The van der Waals surface area contributed by atoms with Crippen molar-refractivity contribution in [3.8, 4) is 0 Å². The lowest BCUT2D eigenvalue weighted by Crippen LogP contribution is -2.49. The predicted molar refractivity (Wildman–Crippen MR) is 107 cm³/mol. The van der Waals surface area contributed by atoms with Crippen LogP contribution in [0, 0.1) is 0 Å². The van der Waals surface area contributed by atoms with Crippen molar-refractivity contribution in [1.29, 1.82) is 0 Å². The number of nitrogens with zero attached hydrogens (tertiary/aromatic N) is 3. The van der Waals surface area contributed by atoms with E-state index in [0.29, 0.717) is 49.2 Å². The summed E-state index contributed by atoms with van der Waals surface area (Å²) in [7, 11) is -3.01. The van der Waals surface area contributed by atoms with Gasteiger partial charge in [0.2, 0.25) is 0 Å². The van der Waals surface area contributed by atoms with Gasteiger partial charge < -0.3 is 9.88 Å². The molecule has 0 aliphatic carbocycles. The van der Waals surface area contributed by atoms with Crippen molar-refractivity contribution in [3.05, 3.63) is 44.6 Å². The maximum absolute atomic E-state index is 12.8. The SMILES string of the molecule is CCn1c(=O)[nH]c2cc(C(=O)N3CCN(CCS(C)(=O)=O)CC3)ccc2c1=O. The summed E-state index contributed by atoms with van der Waals surface area (Å²) < 4.78 is 23.7. The third-order valence-corrected chi connectivity index (χ3v) is 5.91. The van der Waals surface area contributed by atoms with Crippen LogP contribution < -0.4 is 11.2 Å². The van der Waals surface area contributed by atoms with Crippen LogP contribution in [0.3, 0.4) is 0 Å². The van der Waals surface area contributed by atoms with E-state index in [2.05, 4.69) is 4.98 Å². The molecule has 0 saturated carbocycles. The van der Waals surface area contributed by atoms with E-state index in [9.17, 15) is 22.8 Å². The summed E-state index contributed by atoms with van der Waals surface area (Å²) in [5.41, 5.74) is -0.123. The molecule has 10 heteroatoms. The second-order valence-electron chi connectivity index (χ2n) is 7.00. The van der Waals surface area contributed by atoms with Crippen molar-refractivity contribution < 1.29 is 13.2 Å². The summed E-state index contributed by atoms with van der Waals surface area (Å²) in [6, 6.07) is 4.70. The average molecular weight is 408 g/mol. The number of carbonyl (C=O) groups is 1. The van der Waals surface area contributed by atoms with Crippen molar-refractivity contribution in [3.63, 3.8) is 0 Å². The number of piperazine rings is 1. The Kier molecular flexibility index (Phi) is 5.71. The first-order chi connectivity index (χ1) is 13.2. The number of hydrogen-bond donors (Lipinski definition) is 1. The quantitative estimate of drug-likeness (QED) is 0.715. The van der Waals surface area contributed by atoms with Gasteiger partial charge >= 0.3 is 5.69 Å². The first kappa shape index (κ1) is 20.3. The fourth-order valence-electron chi connectivity index (χ4n) is 3.33. The van der Waals surface area contributed by atoms with Crippen LogP contribution >= 0.6 is 0 Å². The number of rotatable bonds is 5. The molecule has 28 heavy (non-hydrogen) atoms. The van der Waals surface area contributed by atoms with Gasteiger partial charge in [-0.2, -0.15) is 0 Å². The van der Waals surface area contributed by atoms with Gasteiger partial charge in [-0.25, -0.2) is 13.2 Å². The minimum Gasteiger partial charge on any atom is -0.336 e. The smallest absolute Gasteiger partial charge is 0.328 e. The molecule has 1 N–H and O–H groups in total. The number of sulfone groups is 1. The maximum atomic E-state index is 12.8. The van der Waals surface area contributed by atoms with Crippen LogP contribution in [0.4, 0.5) is 0 Å². The second-order valence-corrected chi connectivity index (χ2v) is 9.26. The first-order valence-electron chi connectivity index (χ1n) is 9.16. The molecule has 2 aromatic rings. The van der Waals surface area contributed by atoms with E-state index >= 15 is 0 Å². The molecule has 1 fully saturated rings. The Hall–Kier alpha value is -2.46. The minimum atomic E-state index is -3.01. The molecule has 2 heterocycles. The third-order valence-electron chi connectivity index (χ3n) is 4.98. The molecule has 1 aromatic carbocycles.